The molecule has 3 heteroatoms. The van der Waals surface area contributed by atoms with E-state index in [1.807, 2.05) is 0 Å². The molecule has 0 aromatic carbocycles. The number of carbonyl (C=O) groups is 1. The molecule has 1 aliphatic rings. The van der Waals surface area contributed by atoms with Gasteiger partial charge in [-0.05, 0) is 19.8 Å². The third-order valence-electron chi connectivity index (χ3n) is 1.91. The maximum Gasteiger partial charge on any atom is 0.308 e. The van der Waals surface area contributed by atoms with Gasteiger partial charge in [0.25, 0.3) is 0 Å². The Bertz CT molecular complexity index is 143. The van der Waals surface area contributed by atoms with E-state index in [1.54, 1.807) is 6.92 Å². The summed E-state index contributed by atoms with van der Waals surface area (Å²) in [6, 6.07) is 0. The van der Waals surface area contributed by atoms with Crippen molar-refractivity contribution in [1.82, 2.24) is 0 Å². The SMILES string of the molecule is COC(=O)C1CC(C)(O)C1. The summed E-state index contributed by atoms with van der Waals surface area (Å²) in [6.45, 7) is 1.73. The van der Waals surface area contributed by atoms with Gasteiger partial charge in [-0.3, -0.25) is 4.79 Å². The van der Waals surface area contributed by atoms with Gasteiger partial charge in [-0.15, -0.1) is 0 Å². The molecule has 1 rings (SSSR count). The molecule has 1 fully saturated rings. The first-order valence-corrected chi connectivity index (χ1v) is 3.35. The van der Waals surface area contributed by atoms with Crippen LogP contribution in [0.2, 0.25) is 0 Å². The van der Waals surface area contributed by atoms with E-state index in [4.69, 9.17) is 0 Å². The molecular formula is C7H12O3. The molecule has 1 N–H and O–H groups in total. The molecule has 0 aromatic heterocycles. The summed E-state index contributed by atoms with van der Waals surface area (Å²) in [5.74, 6) is -0.272. The van der Waals surface area contributed by atoms with Crippen molar-refractivity contribution in [3.63, 3.8) is 0 Å². The van der Waals surface area contributed by atoms with Crippen LogP contribution in [0, 0.1) is 5.92 Å². The summed E-state index contributed by atoms with van der Waals surface area (Å²) in [6.07, 6.45) is 1.08. The van der Waals surface area contributed by atoms with E-state index in [1.165, 1.54) is 7.11 Å². The highest BCUT2D eigenvalue weighted by Gasteiger charge is 2.42. The Labute approximate surface area is 60.0 Å². The lowest BCUT2D eigenvalue weighted by molar-refractivity contribution is -0.159. The second-order valence-electron chi connectivity index (χ2n) is 3.13. The smallest absolute Gasteiger partial charge is 0.308 e. The van der Waals surface area contributed by atoms with Gasteiger partial charge >= 0.3 is 5.97 Å². The van der Waals surface area contributed by atoms with Crippen molar-refractivity contribution >= 4 is 5.97 Å². The molecule has 0 saturated heterocycles. The second kappa shape index (κ2) is 2.23. The predicted molar refractivity (Wildman–Crippen MR) is 35.4 cm³/mol. The van der Waals surface area contributed by atoms with Crippen LogP contribution < -0.4 is 0 Å². The molecule has 1 saturated carbocycles. The van der Waals surface area contributed by atoms with E-state index >= 15 is 0 Å². The van der Waals surface area contributed by atoms with Crippen LogP contribution in [0.4, 0.5) is 0 Å². The highest BCUT2D eigenvalue weighted by Crippen LogP contribution is 2.37. The normalized spacial score (nSPS) is 38.5. The van der Waals surface area contributed by atoms with Crippen molar-refractivity contribution < 1.29 is 14.6 Å². The molecule has 0 atom stereocenters. The molecular weight excluding hydrogens is 132 g/mol. The Morgan fingerprint density at radius 3 is 2.50 bits per heavy atom. The fourth-order valence-corrected chi connectivity index (χ4v) is 1.34. The van der Waals surface area contributed by atoms with Crippen molar-refractivity contribution in [3.05, 3.63) is 0 Å². The molecule has 0 spiro atoms. The number of methoxy groups -OCH3 is 1. The summed E-state index contributed by atoms with van der Waals surface area (Å²) in [7, 11) is 1.37. The van der Waals surface area contributed by atoms with E-state index < -0.39 is 5.60 Å². The lowest BCUT2D eigenvalue weighted by Crippen LogP contribution is -2.44. The molecule has 58 valence electrons. The summed E-state index contributed by atoms with van der Waals surface area (Å²) in [5, 5.41) is 9.22. The summed E-state index contributed by atoms with van der Waals surface area (Å²) >= 11 is 0. The minimum atomic E-state index is -0.626. The number of hydrogen-bond donors (Lipinski definition) is 1. The highest BCUT2D eigenvalue weighted by molar-refractivity contribution is 5.73. The fourth-order valence-electron chi connectivity index (χ4n) is 1.34. The first-order chi connectivity index (χ1) is 4.55. The third kappa shape index (κ3) is 1.29. The van der Waals surface area contributed by atoms with Gasteiger partial charge < -0.3 is 9.84 Å². The zero-order valence-electron chi connectivity index (χ0n) is 6.26. The van der Waals surface area contributed by atoms with Crippen LogP contribution in [0.3, 0.4) is 0 Å². The van der Waals surface area contributed by atoms with Gasteiger partial charge in [-0.25, -0.2) is 0 Å². The van der Waals surface area contributed by atoms with Crippen molar-refractivity contribution in [2.75, 3.05) is 7.11 Å². The average molecular weight is 144 g/mol. The van der Waals surface area contributed by atoms with Crippen LogP contribution in [-0.4, -0.2) is 23.8 Å². The number of aliphatic hydroxyl groups is 1. The molecule has 0 radical (unpaired) electrons. The fraction of sp³-hybridized carbons (Fsp3) is 0.857. The standard InChI is InChI=1S/C7H12O3/c1-7(9)3-5(4-7)6(8)10-2/h5,9H,3-4H2,1-2H3. The largest absolute Gasteiger partial charge is 0.469 e. The Morgan fingerprint density at radius 1 is 1.70 bits per heavy atom. The van der Waals surface area contributed by atoms with Crippen LogP contribution in [0.25, 0.3) is 0 Å². The van der Waals surface area contributed by atoms with E-state index in [0.29, 0.717) is 12.8 Å². The number of esters is 1. The Balaban J connectivity index is 2.33. The molecule has 0 bridgehead atoms. The molecule has 0 aromatic rings. The van der Waals surface area contributed by atoms with Crippen molar-refractivity contribution in [2.45, 2.75) is 25.4 Å². The van der Waals surface area contributed by atoms with Crippen molar-refractivity contribution in [1.29, 1.82) is 0 Å². The van der Waals surface area contributed by atoms with Gasteiger partial charge in [0, 0.05) is 0 Å². The van der Waals surface area contributed by atoms with Crippen molar-refractivity contribution in [3.8, 4) is 0 Å². The number of ether oxygens (including phenoxy) is 1. The molecule has 0 heterocycles. The Hall–Kier alpha value is -0.570. The van der Waals surface area contributed by atoms with E-state index in [9.17, 15) is 9.90 Å². The second-order valence-corrected chi connectivity index (χ2v) is 3.13. The monoisotopic (exact) mass is 144 g/mol. The molecule has 0 unspecified atom stereocenters. The minimum absolute atomic E-state index is 0.0694. The van der Waals surface area contributed by atoms with Gasteiger partial charge in [0.05, 0.1) is 18.6 Å². The van der Waals surface area contributed by atoms with Gasteiger partial charge in [0.2, 0.25) is 0 Å². The first kappa shape index (κ1) is 7.54. The zero-order chi connectivity index (χ0) is 7.78. The average Bonchev–Trinajstić information content (AvgIpc) is 1.81. The van der Waals surface area contributed by atoms with Crippen molar-refractivity contribution in [2.24, 2.45) is 5.92 Å². The molecule has 3 nitrogen and oxygen atoms in total. The van der Waals surface area contributed by atoms with Crippen LogP contribution in [0.5, 0.6) is 0 Å². The topological polar surface area (TPSA) is 46.5 Å². The van der Waals surface area contributed by atoms with E-state index in [-0.39, 0.29) is 11.9 Å². The lowest BCUT2D eigenvalue weighted by Gasteiger charge is -2.38. The minimum Gasteiger partial charge on any atom is -0.469 e. The zero-order valence-corrected chi connectivity index (χ0v) is 6.26. The molecule has 10 heavy (non-hydrogen) atoms. The summed E-state index contributed by atoms with van der Waals surface area (Å²) in [4.78, 5) is 10.7. The van der Waals surface area contributed by atoms with E-state index in [0.717, 1.165) is 0 Å². The highest BCUT2D eigenvalue weighted by atomic mass is 16.5. The van der Waals surface area contributed by atoms with Crippen LogP contribution >= 0.6 is 0 Å². The number of rotatable bonds is 1. The van der Waals surface area contributed by atoms with Crippen LogP contribution in [0.1, 0.15) is 19.8 Å². The van der Waals surface area contributed by atoms with Gasteiger partial charge in [0.15, 0.2) is 0 Å². The maximum absolute atomic E-state index is 10.7. The lowest BCUT2D eigenvalue weighted by atomic mass is 9.72. The van der Waals surface area contributed by atoms with Crippen LogP contribution in [-0.2, 0) is 9.53 Å². The molecule has 0 aliphatic heterocycles. The van der Waals surface area contributed by atoms with Crippen LogP contribution in [0.15, 0.2) is 0 Å². The molecule has 0 amide bonds. The quantitative estimate of drug-likeness (QED) is 0.539. The first-order valence-electron chi connectivity index (χ1n) is 3.35. The molecule has 1 aliphatic carbocycles. The summed E-state index contributed by atoms with van der Waals surface area (Å²) in [5.41, 5.74) is -0.626. The number of hydrogen-bond acceptors (Lipinski definition) is 3. The maximum atomic E-state index is 10.7. The van der Waals surface area contributed by atoms with E-state index in [2.05, 4.69) is 4.74 Å². The van der Waals surface area contributed by atoms with Gasteiger partial charge in [-0.2, -0.15) is 0 Å². The van der Waals surface area contributed by atoms with Gasteiger partial charge in [-0.1, -0.05) is 0 Å². The Morgan fingerprint density at radius 2 is 2.20 bits per heavy atom. The van der Waals surface area contributed by atoms with Gasteiger partial charge in [0.1, 0.15) is 0 Å². The third-order valence-corrected chi connectivity index (χ3v) is 1.91. The number of carbonyl (C=O) groups excluding carboxylic acids is 1. The predicted octanol–water partition coefficient (Wildman–Crippen LogP) is 0.320. The summed E-state index contributed by atoms with van der Waals surface area (Å²) < 4.78 is 4.50. The Kier molecular flexibility index (Phi) is 1.68.